The van der Waals surface area contributed by atoms with E-state index < -0.39 is 11.7 Å². The highest BCUT2D eigenvalue weighted by atomic mass is 19.4. The lowest BCUT2D eigenvalue weighted by atomic mass is 10.3. The molecule has 1 fully saturated rings. The fourth-order valence-electron chi connectivity index (χ4n) is 2.18. The number of aromatic nitrogens is 2. The number of ether oxygens (including phenoxy) is 1. The molecule has 0 spiro atoms. The number of anilines is 1. The maximum Gasteiger partial charge on any atom is 0.419 e. The molecule has 2 rings (SSSR count). The minimum atomic E-state index is -4.44. The van der Waals surface area contributed by atoms with Crippen LogP contribution in [0.3, 0.4) is 0 Å². The minimum absolute atomic E-state index is 0.0601. The second-order valence-electron chi connectivity index (χ2n) is 5.19. The molecule has 0 aliphatic carbocycles. The molecular formula is C14H19F3N4O2. The van der Waals surface area contributed by atoms with Gasteiger partial charge in [0.05, 0.1) is 5.56 Å². The Labute approximate surface area is 132 Å². The van der Waals surface area contributed by atoms with E-state index in [9.17, 15) is 18.0 Å². The van der Waals surface area contributed by atoms with Gasteiger partial charge in [0.15, 0.2) is 0 Å². The van der Waals surface area contributed by atoms with Gasteiger partial charge in [-0.15, -0.1) is 0 Å². The van der Waals surface area contributed by atoms with Crippen molar-refractivity contribution < 1.29 is 22.7 Å². The number of halogens is 3. The van der Waals surface area contributed by atoms with E-state index in [1.165, 1.54) is 0 Å². The lowest BCUT2D eigenvalue weighted by Crippen LogP contribution is -2.50. The van der Waals surface area contributed by atoms with E-state index in [4.69, 9.17) is 4.74 Å². The normalized spacial score (nSPS) is 15.8. The first-order valence-electron chi connectivity index (χ1n) is 7.41. The Balaban J connectivity index is 1.85. The molecule has 0 N–H and O–H groups in total. The number of amides is 1. The molecule has 1 saturated heterocycles. The average Bonchev–Trinajstić information content (AvgIpc) is 2.54. The van der Waals surface area contributed by atoms with Crippen LogP contribution >= 0.6 is 0 Å². The predicted octanol–water partition coefficient (Wildman–Crippen LogP) is 1.57. The van der Waals surface area contributed by atoms with Crippen LogP contribution in [0.5, 0.6) is 0 Å². The van der Waals surface area contributed by atoms with Gasteiger partial charge in [-0.1, -0.05) is 6.92 Å². The predicted molar refractivity (Wildman–Crippen MR) is 76.9 cm³/mol. The third-order valence-corrected chi connectivity index (χ3v) is 3.45. The summed E-state index contributed by atoms with van der Waals surface area (Å²) in [6.07, 6.45) is -2.04. The van der Waals surface area contributed by atoms with Gasteiger partial charge in [-0.25, -0.2) is 9.97 Å². The van der Waals surface area contributed by atoms with Gasteiger partial charge in [-0.3, -0.25) is 4.79 Å². The van der Waals surface area contributed by atoms with Crippen molar-refractivity contribution in [3.8, 4) is 0 Å². The molecule has 1 aliphatic heterocycles. The van der Waals surface area contributed by atoms with Gasteiger partial charge in [-0.2, -0.15) is 13.2 Å². The van der Waals surface area contributed by atoms with Crippen molar-refractivity contribution in [2.75, 3.05) is 44.3 Å². The second-order valence-corrected chi connectivity index (χ2v) is 5.19. The van der Waals surface area contributed by atoms with E-state index in [1.807, 2.05) is 6.92 Å². The highest BCUT2D eigenvalue weighted by Gasteiger charge is 2.32. The molecule has 0 unspecified atom stereocenters. The van der Waals surface area contributed by atoms with Crippen LogP contribution in [0.1, 0.15) is 18.9 Å². The lowest BCUT2D eigenvalue weighted by molar-refractivity contribution is -0.138. The summed E-state index contributed by atoms with van der Waals surface area (Å²) in [6, 6.07) is 0. The van der Waals surface area contributed by atoms with E-state index in [0.717, 1.165) is 18.8 Å². The third-order valence-electron chi connectivity index (χ3n) is 3.45. The fourth-order valence-corrected chi connectivity index (χ4v) is 2.18. The molecule has 23 heavy (non-hydrogen) atoms. The molecule has 9 heteroatoms. The minimum Gasteiger partial charge on any atom is -0.372 e. The maximum absolute atomic E-state index is 12.5. The molecule has 0 bridgehead atoms. The summed E-state index contributed by atoms with van der Waals surface area (Å²) in [7, 11) is 0. The number of nitrogens with zero attached hydrogens (tertiary/aromatic N) is 4. The lowest BCUT2D eigenvalue weighted by Gasteiger charge is -2.34. The van der Waals surface area contributed by atoms with E-state index in [0.29, 0.717) is 32.8 Å². The zero-order valence-corrected chi connectivity index (χ0v) is 12.8. The largest absolute Gasteiger partial charge is 0.419 e. The van der Waals surface area contributed by atoms with Crippen molar-refractivity contribution in [3.63, 3.8) is 0 Å². The van der Waals surface area contributed by atoms with Crippen molar-refractivity contribution in [2.45, 2.75) is 19.5 Å². The van der Waals surface area contributed by atoms with Gasteiger partial charge >= 0.3 is 6.18 Å². The SMILES string of the molecule is CCCOCC(=O)N1CCN(c2ncc(C(F)(F)F)cn2)CC1. The zero-order valence-electron chi connectivity index (χ0n) is 12.8. The first-order chi connectivity index (χ1) is 10.9. The van der Waals surface area contributed by atoms with Crippen LogP contribution < -0.4 is 4.90 Å². The molecule has 0 saturated carbocycles. The topological polar surface area (TPSA) is 58.6 Å². The quantitative estimate of drug-likeness (QED) is 0.766. The van der Waals surface area contributed by atoms with E-state index in [1.54, 1.807) is 9.80 Å². The average molecular weight is 332 g/mol. The summed E-state index contributed by atoms with van der Waals surface area (Å²) in [5.74, 6) is 0.166. The number of rotatable bonds is 5. The van der Waals surface area contributed by atoms with Crippen LogP contribution in [-0.4, -0.2) is 60.2 Å². The summed E-state index contributed by atoms with van der Waals surface area (Å²) in [5, 5.41) is 0. The van der Waals surface area contributed by atoms with Gasteiger partial charge in [0.25, 0.3) is 0 Å². The monoisotopic (exact) mass is 332 g/mol. The summed E-state index contributed by atoms with van der Waals surface area (Å²) in [4.78, 5) is 22.9. The van der Waals surface area contributed by atoms with E-state index >= 15 is 0 Å². The Hall–Kier alpha value is -1.90. The first kappa shape index (κ1) is 17.5. The van der Waals surface area contributed by atoms with Crippen LogP contribution in [0.25, 0.3) is 0 Å². The Morgan fingerprint density at radius 1 is 1.22 bits per heavy atom. The van der Waals surface area contributed by atoms with Crippen LogP contribution in [-0.2, 0) is 15.7 Å². The Morgan fingerprint density at radius 3 is 2.35 bits per heavy atom. The third kappa shape index (κ3) is 4.78. The second kappa shape index (κ2) is 7.58. The zero-order chi connectivity index (χ0) is 16.9. The molecule has 128 valence electrons. The molecule has 0 aromatic carbocycles. The number of hydrogen-bond donors (Lipinski definition) is 0. The van der Waals surface area contributed by atoms with Crippen molar-refractivity contribution in [1.82, 2.24) is 14.9 Å². The molecule has 2 heterocycles. The summed E-state index contributed by atoms with van der Waals surface area (Å²) >= 11 is 0. The molecule has 1 aromatic heterocycles. The van der Waals surface area contributed by atoms with E-state index in [2.05, 4.69) is 9.97 Å². The summed E-state index contributed by atoms with van der Waals surface area (Å²) in [5.41, 5.74) is -0.872. The maximum atomic E-state index is 12.5. The Kier molecular flexibility index (Phi) is 5.75. The van der Waals surface area contributed by atoms with Crippen molar-refractivity contribution in [1.29, 1.82) is 0 Å². The Morgan fingerprint density at radius 2 is 1.83 bits per heavy atom. The first-order valence-corrected chi connectivity index (χ1v) is 7.41. The van der Waals surface area contributed by atoms with Crippen molar-refractivity contribution in [2.24, 2.45) is 0 Å². The smallest absolute Gasteiger partial charge is 0.372 e. The molecule has 1 amide bonds. The van der Waals surface area contributed by atoms with Crippen LogP contribution in [0.15, 0.2) is 12.4 Å². The fraction of sp³-hybridized carbons (Fsp3) is 0.643. The molecule has 0 atom stereocenters. The van der Waals surface area contributed by atoms with E-state index in [-0.39, 0.29) is 18.5 Å². The van der Waals surface area contributed by atoms with Gasteiger partial charge in [0, 0.05) is 45.2 Å². The highest BCUT2D eigenvalue weighted by molar-refractivity contribution is 5.77. The molecule has 1 aliphatic rings. The number of alkyl halides is 3. The van der Waals surface area contributed by atoms with Crippen LogP contribution in [0, 0.1) is 0 Å². The van der Waals surface area contributed by atoms with Gasteiger partial charge in [0.2, 0.25) is 11.9 Å². The van der Waals surface area contributed by atoms with Gasteiger partial charge < -0.3 is 14.5 Å². The van der Waals surface area contributed by atoms with Crippen LogP contribution in [0.2, 0.25) is 0 Å². The van der Waals surface area contributed by atoms with Crippen LogP contribution in [0.4, 0.5) is 19.1 Å². The summed E-state index contributed by atoms with van der Waals surface area (Å²) in [6.45, 7) is 4.47. The molecule has 1 aromatic rings. The number of piperazine rings is 1. The summed E-state index contributed by atoms with van der Waals surface area (Å²) < 4.78 is 42.7. The number of carbonyl (C=O) groups excluding carboxylic acids is 1. The highest BCUT2D eigenvalue weighted by Crippen LogP contribution is 2.28. The van der Waals surface area contributed by atoms with Crippen molar-refractivity contribution >= 4 is 11.9 Å². The number of carbonyl (C=O) groups is 1. The molecule has 0 radical (unpaired) electrons. The Bertz CT molecular complexity index is 514. The van der Waals surface area contributed by atoms with Gasteiger partial charge in [-0.05, 0) is 6.42 Å². The molecule has 6 nitrogen and oxygen atoms in total. The standard InChI is InChI=1S/C14H19F3N4O2/c1-2-7-23-10-12(22)20-3-5-21(6-4-20)13-18-8-11(9-19-13)14(15,16)17/h8-9H,2-7,10H2,1H3. The van der Waals surface area contributed by atoms with Crippen molar-refractivity contribution in [3.05, 3.63) is 18.0 Å². The molecular weight excluding hydrogens is 313 g/mol. The van der Waals surface area contributed by atoms with Gasteiger partial charge in [0.1, 0.15) is 6.61 Å². The number of hydrogen-bond acceptors (Lipinski definition) is 5.